The Kier molecular flexibility index (Phi) is 4.09. The average molecular weight is 366 g/mol. The van der Waals surface area contributed by atoms with Gasteiger partial charge in [-0.1, -0.05) is 51.3 Å². The molecule has 0 aromatic heterocycles. The number of hydrogen-bond acceptors (Lipinski definition) is 4. The first-order chi connectivity index (χ1) is 12.9. The van der Waals surface area contributed by atoms with Gasteiger partial charge in [0, 0.05) is 30.1 Å². The molecule has 6 nitrogen and oxygen atoms in total. The SMILES string of the molecule is CN1/C(=C\C=N\N2C(=O)NC3(CCCCC3)C2=O)C(C)(C)c2ccccc21. The molecule has 1 saturated heterocycles. The number of para-hydroxylation sites is 1. The quantitative estimate of drug-likeness (QED) is 0.643. The summed E-state index contributed by atoms with van der Waals surface area (Å²) in [6.45, 7) is 4.33. The summed E-state index contributed by atoms with van der Waals surface area (Å²) < 4.78 is 0. The minimum atomic E-state index is -0.737. The Labute approximate surface area is 159 Å². The van der Waals surface area contributed by atoms with Gasteiger partial charge in [-0.3, -0.25) is 4.79 Å². The molecule has 2 aliphatic heterocycles. The highest BCUT2D eigenvalue weighted by Crippen LogP contribution is 2.46. The molecule has 1 aromatic carbocycles. The van der Waals surface area contributed by atoms with E-state index in [0.717, 1.165) is 30.0 Å². The maximum Gasteiger partial charge on any atom is 0.346 e. The third-order valence-electron chi connectivity index (χ3n) is 6.20. The Hall–Kier alpha value is -2.63. The van der Waals surface area contributed by atoms with Crippen molar-refractivity contribution >= 4 is 23.8 Å². The minimum absolute atomic E-state index is 0.167. The van der Waals surface area contributed by atoms with Crippen molar-refractivity contribution in [1.29, 1.82) is 0 Å². The van der Waals surface area contributed by atoms with Gasteiger partial charge in [0.1, 0.15) is 5.54 Å². The van der Waals surface area contributed by atoms with E-state index in [-0.39, 0.29) is 11.3 Å². The molecule has 1 saturated carbocycles. The molecule has 6 heteroatoms. The van der Waals surface area contributed by atoms with E-state index in [9.17, 15) is 9.59 Å². The molecule has 3 aliphatic rings. The smallest absolute Gasteiger partial charge is 0.346 e. The lowest BCUT2D eigenvalue weighted by Crippen LogP contribution is -2.48. The molecule has 1 aromatic rings. The van der Waals surface area contributed by atoms with Gasteiger partial charge < -0.3 is 10.2 Å². The van der Waals surface area contributed by atoms with Crippen LogP contribution in [0.5, 0.6) is 0 Å². The van der Waals surface area contributed by atoms with Gasteiger partial charge in [-0.05, 0) is 30.5 Å². The van der Waals surface area contributed by atoms with E-state index in [4.69, 9.17) is 0 Å². The summed E-state index contributed by atoms with van der Waals surface area (Å²) in [7, 11) is 2.03. The van der Waals surface area contributed by atoms with Gasteiger partial charge in [-0.2, -0.15) is 5.10 Å². The van der Waals surface area contributed by atoms with Crippen molar-refractivity contribution in [1.82, 2.24) is 10.3 Å². The molecule has 2 heterocycles. The Morgan fingerprint density at radius 1 is 1.11 bits per heavy atom. The Bertz CT molecular complexity index is 849. The molecule has 1 aliphatic carbocycles. The number of urea groups is 1. The van der Waals surface area contributed by atoms with Crippen LogP contribution in [0.4, 0.5) is 10.5 Å². The maximum absolute atomic E-state index is 12.8. The third kappa shape index (κ3) is 2.66. The minimum Gasteiger partial charge on any atom is -0.347 e. The number of amides is 3. The van der Waals surface area contributed by atoms with Crippen LogP contribution in [0, 0.1) is 0 Å². The van der Waals surface area contributed by atoms with Gasteiger partial charge in [0.15, 0.2) is 0 Å². The van der Waals surface area contributed by atoms with E-state index in [1.165, 1.54) is 11.3 Å². The van der Waals surface area contributed by atoms with E-state index in [0.29, 0.717) is 12.8 Å². The van der Waals surface area contributed by atoms with E-state index in [1.54, 1.807) is 6.21 Å². The highest BCUT2D eigenvalue weighted by molar-refractivity contribution is 6.07. The fourth-order valence-corrected chi connectivity index (χ4v) is 4.68. The zero-order valence-electron chi connectivity index (χ0n) is 16.2. The molecular weight excluding hydrogens is 340 g/mol. The van der Waals surface area contributed by atoms with Crippen molar-refractivity contribution in [2.45, 2.75) is 56.9 Å². The van der Waals surface area contributed by atoms with Gasteiger partial charge in [0.25, 0.3) is 5.91 Å². The van der Waals surface area contributed by atoms with Gasteiger partial charge in [-0.25, -0.2) is 4.79 Å². The number of carbonyl (C=O) groups is 2. The summed E-state index contributed by atoms with van der Waals surface area (Å²) in [5, 5.41) is 8.08. The van der Waals surface area contributed by atoms with Crippen molar-refractivity contribution in [3.05, 3.63) is 41.6 Å². The number of hydrazone groups is 1. The van der Waals surface area contributed by atoms with E-state index in [1.807, 2.05) is 25.3 Å². The number of carbonyl (C=O) groups excluding carboxylic acids is 2. The zero-order valence-corrected chi connectivity index (χ0v) is 16.2. The molecule has 3 amide bonds. The number of imide groups is 1. The summed E-state index contributed by atoms with van der Waals surface area (Å²) in [6, 6.07) is 7.88. The lowest BCUT2D eigenvalue weighted by Gasteiger charge is -2.29. The fourth-order valence-electron chi connectivity index (χ4n) is 4.68. The van der Waals surface area contributed by atoms with Gasteiger partial charge in [0.2, 0.25) is 0 Å². The molecule has 0 atom stereocenters. The van der Waals surface area contributed by atoms with Gasteiger partial charge >= 0.3 is 6.03 Å². The van der Waals surface area contributed by atoms with E-state index < -0.39 is 11.6 Å². The molecule has 1 N–H and O–H groups in total. The first-order valence-corrected chi connectivity index (χ1v) is 9.61. The maximum atomic E-state index is 12.8. The number of rotatable bonds is 2. The van der Waals surface area contributed by atoms with Crippen LogP contribution in [0.1, 0.15) is 51.5 Å². The van der Waals surface area contributed by atoms with Crippen LogP contribution in [-0.4, -0.2) is 35.7 Å². The molecule has 0 unspecified atom stereocenters. The number of allylic oxidation sites excluding steroid dienone is 2. The summed E-state index contributed by atoms with van der Waals surface area (Å²) in [5.74, 6) is -0.218. The van der Waals surface area contributed by atoms with Crippen molar-refractivity contribution in [2.75, 3.05) is 11.9 Å². The molecule has 4 rings (SSSR count). The van der Waals surface area contributed by atoms with Crippen molar-refractivity contribution < 1.29 is 9.59 Å². The normalized spacial score (nSPS) is 24.9. The second kappa shape index (κ2) is 6.22. The van der Waals surface area contributed by atoms with Crippen LogP contribution in [-0.2, 0) is 10.2 Å². The fraction of sp³-hybridized carbons (Fsp3) is 0.476. The van der Waals surface area contributed by atoms with Crippen molar-refractivity contribution in [3.63, 3.8) is 0 Å². The average Bonchev–Trinajstić information content (AvgIpc) is 2.99. The molecule has 27 heavy (non-hydrogen) atoms. The summed E-state index contributed by atoms with van der Waals surface area (Å²) in [6.07, 6.45) is 7.91. The van der Waals surface area contributed by atoms with Crippen LogP contribution < -0.4 is 10.2 Å². The number of benzene rings is 1. The molecule has 0 radical (unpaired) electrons. The van der Waals surface area contributed by atoms with Crippen LogP contribution in [0.3, 0.4) is 0 Å². The largest absolute Gasteiger partial charge is 0.347 e. The number of hydrogen-bond donors (Lipinski definition) is 1. The molecule has 1 spiro atoms. The molecule has 142 valence electrons. The molecule has 2 fully saturated rings. The summed E-state index contributed by atoms with van der Waals surface area (Å²) >= 11 is 0. The summed E-state index contributed by atoms with van der Waals surface area (Å²) in [5.41, 5.74) is 2.59. The molecule has 0 bridgehead atoms. The number of nitrogens with zero attached hydrogens (tertiary/aromatic N) is 3. The first-order valence-electron chi connectivity index (χ1n) is 9.61. The Morgan fingerprint density at radius 3 is 2.52 bits per heavy atom. The first kappa shape index (κ1) is 17.8. The standard InChI is InChI=1S/C21H26N4O2/c1-20(2)15-9-5-6-10-16(15)24(3)17(20)11-14-22-25-18(26)21(23-19(25)27)12-7-4-8-13-21/h5-6,9-11,14H,4,7-8,12-13H2,1-3H3,(H,23,27)/b17-11-,22-14+. The molecular formula is C21H26N4O2. The zero-order chi connectivity index (χ0) is 19.2. The number of fused-ring (bicyclic) bond motifs is 1. The van der Waals surface area contributed by atoms with Crippen molar-refractivity contribution in [3.8, 4) is 0 Å². The third-order valence-corrected chi connectivity index (χ3v) is 6.20. The van der Waals surface area contributed by atoms with Crippen molar-refractivity contribution in [2.24, 2.45) is 5.10 Å². The summed E-state index contributed by atoms with van der Waals surface area (Å²) in [4.78, 5) is 27.2. The second-order valence-electron chi connectivity index (χ2n) is 8.21. The lowest BCUT2D eigenvalue weighted by atomic mass is 9.82. The van der Waals surface area contributed by atoms with Crippen LogP contribution >= 0.6 is 0 Å². The van der Waals surface area contributed by atoms with E-state index in [2.05, 4.69) is 41.3 Å². The predicted molar refractivity (Wildman–Crippen MR) is 106 cm³/mol. The predicted octanol–water partition coefficient (Wildman–Crippen LogP) is 3.54. The number of anilines is 1. The lowest BCUT2D eigenvalue weighted by molar-refractivity contribution is -0.132. The Balaban J connectivity index is 1.57. The number of nitrogens with one attached hydrogen (secondary N) is 1. The van der Waals surface area contributed by atoms with Gasteiger partial charge in [0.05, 0.1) is 0 Å². The monoisotopic (exact) mass is 366 g/mol. The Morgan fingerprint density at radius 2 is 1.81 bits per heavy atom. The number of likely N-dealkylation sites (N-methyl/N-ethyl adjacent to an activating group) is 1. The highest BCUT2D eigenvalue weighted by atomic mass is 16.2. The highest BCUT2D eigenvalue weighted by Gasteiger charge is 2.51. The van der Waals surface area contributed by atoms with Gasteiger partial charge in [-0.15, -0.1) is 5.01 Å². The van der Waals surface area contributed by atoms with E-state index >= 15 is 0 Å². The second-order valence-corrected chi connectivity index (χ2v) is 8.21. The van der Waals surface area contributed by atoms with Crippen LogP contribution in [0.15, 0.2) is 41.1 Å². The van der Waals surface area contributed by atoms with Crippen LogP contribution in [0.25, 0.3) is 0 Å². The van der Waals surface area contributed by atoms with Crippen LogP contribution in [0.2, 0.25) is 0 Å². The topological polar surface area (TPSA) is 65.0 Å².